The lowest BCUT2D eigenvalue weighted by Gasteiger charge is -2.27. The average Bonchev–Trinajstić information content (AvgIpc) is 2.49. The van der Waals surface area contributed by atoms with Gasteiger partial charge in [-0.2, -0.15) is 0 Å². The number of hydrogen-bond donors (Lipinski definition) is 3. The second-order valence-corrected chi connectivity index (χ2v) is 6.20. The Morgan fingerprint density at radius 3 is 2.41 bits per heavy atom. The van der Waals surface area contributed by atoms with E-state index in [-0.39, 0.29) is 24.4 Å². The number of carbonyl (C=O) groups excluding carboxylic acids is 2. The van der Waals surface area contributed by atoms with Crippen molar-refractivity contribution in [2.75, 3.05) is 0 Å². The molecule has 1 saturated carbocycles. The molecule has 1 fully saturated rings. The standard InChI is InChI=1S/C17H25N3O2/c1-12-7-9-14(10-8-12)19-16(21)11-15(20-17(18)22)13-5-3-2-4-6-13/h2-6,12,14-15H,7-11H2,1H3,(H,19,21)(H3,18,20,22)/t12?,14?,15-/m1/s1. The van der Waals surface area contributed by atoms with Crippen LogP contribution in [0.3, 0.4) is 0 Å². The van der Waals surface area contributed by atoms with Gasteiger partial charge in [0.15, 0.2) is 0 Å². The lowest BCUT2D eigenvalue weighted by molar-refractivity contribution is -0.122. The van der Waals surface area contributed by atoms with Crippen LogP contribution in [-0.4, -0.2) is 18.0 Å². The first-order valence-electron chi connectivity index (χ1n) is 7.95. The zero-order valence-corrected chi connectivity index (χ0v) is 13.0. The highest BCUT2D eigenvalue weighted by Crippen LogP contribution is 2.24. The summed E-state index contributed by atoms with van der Waals surface area (Å²) in [5, 5.41) is 5.73. The summed E-state index contributed by atoms with van der Waals surface area (Å²) in [4.78, 5) is 23.4. The van der Waals surface area contributed by atoms with E-state index in [2.05, 4.69) is 17.6 Å². The van der Waals surface area contributed by atoms with Gasteiger partial charge in [-0.3, -0.25) is 4.79 Å². The van der Waals surface area contributed by atoms with Gasteiger partial charge in [0, 0.05) is 6.04 Å². The highest BCUT2D eigenvalue weighted by atomic mass is 16.2. The van der Waals surface area contributed by atoms with Gasteiger partial charge in [0.1, 0.15) is 0 Å². The van der Waals surface area contributed by atoms with E-state index in [1.807, 2.05) is 30.3 Å². The molecule has 22 heavy (non-hydrogen) atoms. The number of primary amides is 1. The molecule has 0 unspecified atom stereocenters. The van der Waals surface area contributed by atoms with E-state index in [1.54, 1.807) is 0 Å². The molecule has 1 atom stereocenters. The number of amides is 3. The molecule has 0 saturated heterocycles. The third-order valence-corrected chi connectivity index (χ3v) is 4.29. The predicted octanol–water partition coefficient (Wildman–Crippen LogP) is 2.48. The van der Waals surface area contributed by atoms with E-state index in [4.69, 9.17) is 5.73 Å². The number of hydrogen-bond acceptors (Lipinski definition) is 2. The maximum atomic E-state index is 12.3. The molecule has 2 rings (SSSR count). The van der Waals surface area contributed by atoms with Crippen LogP contribution in [0.1, 0.15) is 50.6 Å². The summed E-state index contributed by atoms with van der Waals surface area (Å²) in [6, 6.07) is 8.68. The van der Waals surface area contributed by atoms with Gasteiger partial charge in [-0.25, -0.2) is 4.79 Å². The van der Waals surface area contributed by atoms with Crippen molar-refractivity contribution in [2.24, 2.45) is 11.7 Å². The number of urea groups is 1. The van der Waals surface area contributed by atoms with Gasteiger partial charge in [0.05, 0.1) is 12.5 Å². The Labute approximate surface area is 131 Å². The molecule has 0 aliphatic heterocycles. The number of benzene rings is 1. The van der Waals surface area contributed by atoms with Crippen LogP contribution in [0.2, 0.25) is 0 Å². The average molecular weight is 303 g/mol. The molecule has 1 aliphatic rings. The largest absolute Gasteiger partial charge is 0.353 e. The van der Waals surface area contributed by atoms with Gasteiger partial charge in [0.2, 0.25) is 5.91 Å². The van der Waals surface area contributed by atoms with Crippen molar-refractivity contribution >= 4 is 11.9 Å². The summed E-state index contributed by atoms with van der Waals surface area (Å²) in [7, 11) is 0. The fourth-order valence-corrected chi connectivity index (χ4v) is 2.99. The van der Waals surface area contributed by atoms with Crippen molar-refractivity contribution < 1.29 is 9.59 Å². The number of carbonyl (C=O) groups is 2. The first-order valence-corrected chi connectivity index (χ1v) is 7.95. The van der Waals surface area contributed by atoms with Crippen LogP contribution in [0.5, 0.6) is 0 Å². The molecule has 0 heterocycles. The molecule has 5 heteroatoms. The minimum absolute atomic E-state index is 0.0397. The molecular weight excluding hydrogens is 278 g/mol. The van der Waals surface area contributed by atoms with E-state index in [9.17, 15) is 9.59 Å². The second kappa shape index (κ2) is 7.82. The summed E-state index contributed by atoms with van der Waals surface area (Å²) in [6.07, 6.45) is 4.59. The minimum atomic E-state index is -0.617. The fourth-order valence-electron chi connectivity index (χ4n) is 2.99. The fraction of sp³-hybridized carbons (Fsp3) is 0.529. The second-order valence-electron chi connectivity index (χ2n) is 6.20. The first kappa shape index (κ1) is 16.3. The van der Waals surface area contributed by atoms with Gasteiger partial charge in [-0.1, -0.05) is 37.3 Å². The maximum Gasteiger partial charge on any atom is 0.312 e. The zero-order valence-electron chi connectivity index (χ0n) is 13.0. The van der Waals surface area contributed by atoms with Crippen LogP contribution >= 0.6 is 0 Å². The topological polar surface area (TPSA) is 84.2 Å². The Kier molecular flexibility index (Phi) is 5.81. The van der Waals surface area contributed by atoms with Crippen LogP contribution in [0.25, 0.3) is 0 Å². The smallest absolute Gasteiger partial charge is 0.312 e. The van der Waals surface area contributed by atoms with Crippen molar-refractivity contribution in [1.29, 1.82) is 0 Å². The summed E-state index contributed by atoms with van der Waals surface area (Å²) in [5.74, 6) is 0.712. The Morgan fingerprint density at radius 2 is 1.82 bits per heavy atom. The first-order chi connectivity index (χ1) is 10.5. The quantitative estimate of drug-likeness (QED) is 0.780. The molecule has 0 spiro atoms. The van der Waals surface area contributed by atoms with E-state index < -0.39 is 6.03 Å². The third kappa shape index (κ3) is 5.06. The molecule has 3 amide bonds. The van der Waals surface area contributed by atoms with Crippen LogP contribution in [-0.2, 0) is 4.79 Å². The van der Waals surface area contributed by atoms with Crippen molar-refractivity contribution in [3.8, 4) is 0 Å². The molecule has 1 aromatic rings. The van der Waals surface area contributed by atoms with Crippen molar-refractivity contribution in [3.63, 3.8) is 0 Å². The van der Waals surface area contributed by atoms with E-state index >= 15 is 0 Å². The van der Waals surface area contributed by atoms with Crippen LogP contribution in [0, 0.1) is 5.92 Å². The lowest BCUT2D eigenvalue weighted by Crippen LogP contribution is -2.41. The van der Waals surface area contributed by atoms with Crippen LogP contribution in [0.4, 0.5) is 4.79 Å². The Hall–Kier alpha value is -2.04. The SMILES string of the molecule is CC1CCC(NC(=O)C[C@@H](NC(N)=O)c2ccccc2)CC1. The van der Waals surface area contributed by atoms with Crippen molar-refractivity contribution in [3.05, 3.63) is 35.9 Å². The van der Waals surface area contributed by atoms with E-state index in [0.717, 1.165) is 37.2 Å². The molecule has 1 aromatic carbocycles. The molecular formula is C17H25N3O2. The highest BCUT2D eigenvalue weighted by Gasteiger charge is 2.22. The number of nitrogens with one attached hydrogen (secondary N) is 2. The monoisotopic (exact) mass is 303 g/mol. The van der Waals surface area contributed by atoms with E-state index in [1.165, 1.54) is 0 Å². The molecule has 0 bridgehead atoms. The summed E-state index contributed by atoms with van der Waals surface area (Å²) in [5.41, 5.74) is 6.11. The lowest BCUT2D eigenvalue weighted by atomic mass is 9.87. The van der Waals surface area contributed by atoms with Crippen molar-refractivity contribution in [2.45, 2.75) is 51.1 Å². The highest BCUT2D eigenvalue weighted by molar-refractivity contribution is 5.79. The zero-order chi connectivity index (χ0) is 15.9. The molecule has 0 radical (unpaired) electrons. The maximum absolute atomic E-state index is 12.3. The molecule has 1 aliphatic carbocycles. The van der Waals surface area contributed by atoms with Gasteiger partial charge < -0.3 is 16.4 Å². The van der Waals surface area contributed by atoms with Crippen molar-refractivity contribution in [1.82, 2.24) is 10.6 Å². The Morgan fingerprint density at radius 1 is 1.18 bits per heavy atom. The predicted molar refractivity (Wildman–Crippen MR) is 86.1 cm³/mol. The van der Waals surface area contributed by atoms with Crippen LogP contribution < -0.4 is 16.4 Å². The summed E-state index contributed by atoms with van der Waals surface area (Å²) < 4.78 is 0. The van der Waals surface area contributed by atoms with Gasteiger partial charge in [-0.05, 0) is 37.2 Å². The summed E-state index contributed by atoms with van der Waals surface area (Å²) in [6.45, 7) is 2.25. The Bertz CT molecular complexity index is 496. The summed E-state index contributed by atoms with van der Waals surface area (Å²) >= 11 is 0. The van der Waals surface area contributed by atoms with Gasteiger partial charge in [0.25, 0.3) is 0 Å². The number of nitrogens with two attached hydrogens (primary N) is 1. The van der Waals surface area contributed by atoms with Crippen LogP contribution in [0.15, 0.2) is 30.3 Å². The number of rotatable bonds is 5. The molecule has 0 aromatic heterocycles. The molecule has 5 nitrogen and oxygen atoms in total. The minimum Gasteiger partial charge on any atom is -0.353 e. The molecule has 4 N–H and O–H groups in total. The van der Waals surface area contributed by atoms with E-state index in [0.29, 0.717) is 0 Å². The third-order valence-electron chi connectivity index (χ3n) is 4.29. The van der Waals surface area contributed by atoms with Gasteiger partial charge >= 0.3 is 6.03 Å². The molecule has 120 valence electrons. The Balaban J connectivity index is 1.92. The normalized spacial score (nSPS) is 22.6. The van der Waals surface area contributed by atoms with Gasteiger partial charge in [-0.15, -0.1) is 0 Å².